The summed E-state index contributed by atoms with van der Waals surface area (Å²) in [5.74, 6) is -0.559. The number of amides is 1. The van der Waals surface area contributed by atoms with Gasteiger partial charge in [-0.05, 0) is 18.2 Å². The predicted molar refractivity (Wildman–Crippen MR) is 69.8 cm³/mol. The van der Waals surface area contributed by atoms with Crippen molar-refractivity contribution in [3.05, 3.63) is 61.3 Å². The Morgan fingerprint density at radius 3 is 2.61 bits per heavy atom. The van der Waals surface area contributed by atoms with Gasteiger partial charge < -0.3 is 10.3 Å². The molecule has 0 radical (unpaired) electrons. The van der Waals surface area contributed by atoms with Crippen LogP contribution >= 0.6 is 15.9 Å². The normalized spacial score (nSPS) is 10.1. The number of nitrogens with one attached hydrogen (secondary N) is 3. The molecule has 0 aliphatic rings. The Morgan fingerprint density at radius 2 is 1.94 bits per heavy atom. The summed E-state index contributed by atoms with van der Waals surface area (Å²) in [5.41, 5.74) is -0.890. The molecular formula is C11H8BrN3O3. The third-order valence-electron chi connectivity index (χ3n) is 2.09. The van der Waals surface area contributed by atoms with E-state index in [0.29, 0.717) is 5.69 Å². The Bertz CT molecular complexity index is 677. The monoisotopic (exact) mass is 309 g/mol. The first kappa shape index (κ1) is 12.3. The number of benzene rings is 1. The molecule has 0 saturated heterocycles. The zero-order chi connectivity index (χ0) is 13.1. The van der Waals surface area contributed by atoms with Crippen LogP contribution in [0.5, 0.6) is 0 Å². The zero-order valence-corrected chi connectivity index (χ0v) is 10.6. The van der Waals surface area contributed by atoms with Crippen molar-refractivity contribution in [2.24, 2.45) is 0 Å². The summed E-state index contributed by atoms with van der Waals surface area (Å²) >= 11 is 3.27. The van der Waals surface area contributed by atoms with Crippen LogP contribution in [-0.4, -0.2) is 15.9 Å². The van der Waals surface area contributed by atoms with Crippen molar-refractivity contribution in [2.75, 3.05) is 5.32 Å². The fourth-order valence-electron chi connectivity index (χ4n) is 1.36. The van der Waals surface area contributed by atoms with E-state index < -0.39 is 17.2 Å². The highest BCUT2D eigenvalue weighted by Crippen LogP contribution is 2.15. The molecule has 0 spiro atoms. The van der Waals surface area contributed by atoms with Crippen LogP contribution in [0.15, 0.2) is 44.4 Å². The van der Waals surface area contributed by atoms with E-state index in [4.69, 9.17) is 0 Å². The molecule has 1 heterocycles. The molecule has 0 saturated carbocycles. The van der Waals surface area contributed by atoms with E-state index in [9.17, 15) is 14.4 Å². The minimum Gasteiger partial charge on any atom is -0.321 e. The first-order chi connectivity index (χ1) is 8.54. The van der Waals surface area contributed by atoms with Crippen molar-refractivity contribution in [3.63, 3.8) is 0 Å². The largest absolute Gasteiger partial charge is 0.326 e. The van der Waals surface area contributed by atoms with Gasteiger partial charge >= 0.3 is 5.69 Å². The van der Waals surface area contributed by atoms with Crippen molar-refractivity contribution in [2.45, 2.75) is 0 Å². The van der Waals surface area contributed by atoms with Gasteiger partial charge in [0.2, 0.25) is 0 Å². The molecule has 92 valence electrons. The molecule has 7 heteroatoms. The van der Waals surface area contributed by atoms with Crippen molar-refractivity contribution < 1.29 is 4.79 Å². The van der Waals surface area contributed by atoms with Gasteiger partial charge in [0.15, 0.2) is 0 Å². The fraction of sp³-hybridized carbons (Fsp3) is 0. The third-order valence-corrected chi connectivity index (χ3v) is 2.58. The molecule has 0 aliphatic heterocycles. The second kappa shape index (κ2) is 5.01. The maximum atomic E-state index is 11.8. The quantitative estimate of drug-likeness (QED) is 0.774. The standard InChI is InChI=1S/C11H8BrN3O3/c12-6-2-1-3-7(4-6)13-10(17)8-5-9(16)15-11(18)14-8/h1-5H,(H,13,17)(H2,14,15,16,18). The van der Waals surface area contributed by atoms with Gasteiger partial charge in [-0.25, -0.2) is 4.79 Å². The lowest BCUT2D eigenvalue weighted by Gasteiger charge is -2.04. The van der Waals surface area contributed by atoms with Crippen LogP contribution in [0.2, 0.25) is 0 Å². The summed E-state index contributed by atoms with van der Waals surface area (Å²) in [6, 6.07) is 7.97. The molecule has 3 N–H and O–H groups in total. The molecule has 0 bridgehead atoms. The smallest absolute Gasteiger partial charge is 0.321 e. The molecule has 1 aromatic heterocycles. The summed E-state index contributed by atoms with van der Waals surface area (Å²) < 4.78 is 0.805. The van der Waals surface area contributed by atoms with Crippen LogP contribution < -0.4 is 16.6 Å². The zero-order valence-electron chi connectivity index (χ0n) is 8.99. The highest BCUT2D eigenvalue weighted by atomic mass is 79.9. The molecule has 0 fully saturated rings. The third kappa shape index (κ3) is 2.95. The van der Waals surface area contributed by atoms with Crippen molar-refractivity contribution in [3.8, 4) is 0 Å². The Morgan fingerprint density at radius 1 is 1.17 bits per heavy atom. The van der Waals surface area contributed by atoms with Crippen LogP contribution in [0.25, 0.3) is 0 Å². The van der Waals surface area contributed by atoms with E-state index in [1.54, 1.807) is 18.2 Å². The molecule has 0 atom stereocenters. The SMILES string of the molecule is O=C(Nc1cccc(Br)c1)c1cc(=O)[nH]c(=O)[nH]1. The van der Waals surface area contributed by atoms with E-state index in [-0.39, 0.29) is 5.69 Å². The van der Waals surface area contributed by atoms with Gasteiger partial charge in [-0.1, -0.05) is 22.0 Å². The number of H-pyrrole nitrogens is 2. The molecule has 0 aliphatic carbocycles. The predicted octanol–water partition coefficient (Wildman–Crippen LogP) is 1.08. The molecule has 2 rings (SSSR count). The molecule has 2 aromatic rings. The summed E-state index contributed by atoms with van der Waals surface area (Å²) in [7, 11) is 0. The molecule has 0 unspecified atom stereocenters. The van der Waals surface area contributed by atoms with E-state index >= 15 is 0 Å². The summed E-state index contributed by atoms with van der Waals surface area (Å²) in [6.45, 7) is 0. The Kier molecular flexibility index (Phi) is 3.42. The van der Waals surface area contributed by atoms with E-state index in [0.717, 1.165) is 10.5 Å². The van der Waals surface area contributed by atoms with Crippen LogP contribution in [0, 0.1) is 0 Å². The van der Waals surface area contributed by atoms with E-state index in [2.05, 4.69) is 26.2 Å². The van der Waals surface area contributed by atoms with Gasteiger partial charge in [0.1, 0.15) is 5.69 Å². The number of hydrogen-bond donors (Lipinski definition) is 3. The fourth-order valence-corrected chi connectivity index (χ4v) is 1.75. The molecule has 1 aromatic carbocycles. The second-order valence-electron chi connectivity index (χ2n) is 3.47. The maximum absolute atomic E-state index is 11.8. The topological polar surface area (TPSA) is 94.8 Å². The average molecular weight is 310 g/mol. The minimum atomic E-state index is -0.720. The van der Waals surface area contributed by atoms with Gasteiger partial charge in [0.25, 0.3) is 11.5 Å². The number of hydrogen-bond acceptors (Lipinski definition) is 3. The number of anilines is 1. The summed E-state index contributed by atoms with van der Waals surface area (Å²) in [5, 5.41) is 2.56. The van der Waals surface area contributed by atoms with E-state index in [1.165, 1.54) is 0 Å². The Labute approximate surface area is 109 Å². The Hall–Kier alpha value is -2.15. The number of carbonyl (C=O) groups is 1. The van der Waals surface area contributed by atoms with Gasteiger partial charge in [-0.15, -0.1) is 0 Å². The minimum absolute atomic E-state index is 0.0938. The number of aromatic amines is 2. The second-order valence-corrected chi connectivity index (χ2v) is 4.38. The lowest BCUT2D eigenvalue weighted by Crippen LogP contribution is -2.27. The molecule has 18 heavy (non-hydrogen) atoms. The molecular weight excluding hydrogens is 302 g/mol. The first-order valence-electron chi connectivity index (χ1n) is 4.95. The average Bonchev–Trinajstić information content (AvgIpc) is 2.27. The van der Waals surface area contributed by atoms with Gasteiger partial charge in [0, 0.05) is 16.2 Å². The highest BCUT2D eigenvalue weighted by molar-refractivity contribution is 9.10. The van der Waals surface area contributed by atoms with Crippen LogP contribution in [0.3, 0.4) is 0 Å². The van der Waals surface area contributed by atoms with Crippen LogP contribution in [-0.2, 0) is 0 Å². The number of aromatic nitrogens is 2. The summed E-state index contributed by atoms with van der Waals surface area (Å²) in [6.07, 6.45) is 0. The van der Waals surface area contributed by atoms with E-state index in [1.807, 2.05) is 11.1 Å². The number of carbonyl (C=O) groups excluding carboxylic acids is 1. The van der Waals surface area contributed by atoms with Crippen molar-refractivity contribution in [1.82, 2.24) is 9.97 Å². The van der Waals surface area contributed by atoms with Crippen molar-refractivity contribution >= 4 is 27.5 Å². The van der Waals surface area contributed by atoms with Crippen molar-refractivity contribution in [1.29, 1.82) is 0 Å². The number of halogens is 1. The van der Waals surface area contributed by atoms with Gasteiger partial charge in [-0.3, -0.25) is 14.6 Å². The lowest BCUT2D eigenvalue weighted by molar-refractivity contribution is 0.102. The summed E-state index contributed by atoms with van der Waals surface area (Å²) in [4.78, 5) is 38.1. The maximum Gasteiger partial charge on any atom is 0.326 e. The van der Waals surface area contributed by atoms with Crippen LogP contribution in [0.1, 0.15) is 10.5 Å². The lowest BCUT2D eigenvalue weighted by atomic mass is 10.3. The number of rotatable bonds is 2. The molecule has 6 nitrogen and oxygen atoms in total. The molecule has 1 amide bonds. The highest BCUT2D eigenvalue weighted by Gasteiger charge is 2.08. The van der Waals surface area contributed by atoms with Crippen LogP contribution in [0.4, 0.5) is 5.69 Å². The first-order valence-corrected chi connectivity index (χ1v) is 5.74. The van der Waals surface area contributed by atoms with Gasteiger partial charge in [-0.2, -0.15) is 0 Å². The Balaban J connectivity index is 2.27. The van der Waals surface area contributed by atoms with Gasteiger partial charge in [0.05, 0.1) is 0 Å².